The molecule has 0 bridgehead atoms. The maximum atomic E-state index is 12.4. The Labute approximate surface area is 127 Å². The van der Waals surface area contributed by atoms with E-state index in [1.807, 2.05) is 0 Å². The van der Waals surface area contributed by atoms with Gasteiger partial charge in [-0.15, -0.1) is 0 Å². The second-order valence-electron chi connectivity index (χ2n) is 5.61. The van der Waals surface area contributed by atoms with Gasteiger partial charge in [0, 0.05) is 18.2 Å². The van der Waals surface area contributed by atoms with Crippen LogP contribution in [0.4, 0.5) is 0 Å². The van der Waals surface area contributed by atoms with Gasteiger partial charge in [-0.05, 0) is 41.6 Å². The van der Waals surface area contributed by atoms with Crippen LogP contribution in [0.3, 0.4) is 0 Å². The smallest absolute Gasteiger partial charge is 0.245 e. The summed E-state index contributed by atoms with van der Waals surface area (Å²) in [5.74, 6) is 0.649. The van der Waals surface area contributed by atoms with Crippen LogP contribution in [-0.4, -0.2) is 20.5 Å². The lowest BCUT2D eigenvalue weighted by molar-refractivity contribution is 0.459. The standard InChI is InChI=1S/C13H19BrN2O3S/c14-13-12(7-11(19-13)8-15-9-5-6-9)20(17,18)16-10-3-1-2-4-10/h7,9-10,15-16H,1-6,8H2. The SMILES string of the molecule is O=S(=O)(NC1CCCC1)c1cc(CNC2CC2)oc1Br. The molecule has 0 spiro atoms. The molecule has 0 radical (unpaired) electrons. The van der Waals surface area contributed by atoms with Gasteiger partial charge in [0.05, 0.1) is 6.54 Å². The largest absolute Gasteiger partial charge is 0.452 e. The quantitative estimate of drug-likeness (QED) is 0.815. The zero-order valence-corrected chi connectivity index (χ0v) is 13.6. The van der Waals surface area contributed by atoms with Crippen molar-refractivity contribution in [3.63, 3.8) is 0 Å². The summed E-state index contributed by atoms with van der Waals surface area (Å²) in [5.41, 5.74) is 0. The van der Waals surface area contributed by atoms with Gasteiger partial charge in [0.1, 0.15) is 10.7 Å². The van der Waals surface area contributed by atoms with E-state index in [4.69, 9.17) is 4.42 Å². The summed E-state index contributed by atoms with van der Waals surface area (Å²) >= 11 is 3.21. The number of hydrogen-bond acceptors (Lipinski definition) is 4. The summed E-state index contributed by atoms with van der Waals surface area (Å²) in [6, 6.07) is 2.24. The van der Waals surface area contributed by atoms with Gasteiger partial charge in [0.15, 0.2) is 4.67 Å². The minimum atomic E-state index is -3.49. The molecule has 5 nitrogen and oxygen atoms in total. The third-order valence-corrected chi connectivity index (χ3v) is 6.19. The van der Waals surface area contributed by atoms with Crippen molar-refractivity contribution in [1.82, 2.24) is 10.0 Å². The molecule has 20 heavy (non-hydrogen) atoms. The maximum absolute atomic E-state index is 12.4. The number of nitrogens with one attached hydrogen (secondary N) is 2. The van der Waals surface area contributed by atoms with Gasteiger partial charge in [0.2, 0.25) is 10.0 Å². The van der Waals surface area contributed by atoms with E-state index in [0.717, 1.165) is 25.7 Å². The van der Waals surface area contributed by atoms with Crippen LogP contribution in [-0.2, 0) is 16.6 Å². The maximum Gasteiger partial charge on any atom is 0.245 e. The van der Waals surface area contributed by atoms with Gasteiger partial charge >= 0.3 is 0 Å². The van der Waals surface area contributed by atoms with Crippen LogP contribution < -0.4 is 10.0 Å². The van der Waals surface area contributed by atoms with Crippen LogP contribution in [0.15, 0.2) is 20.0 Å². The topological polar surface area (TPSA) is 71.3 Å². The molecule has 2 aliphatic carbocycles. The van der Waals surface area contributed by atoms with E-state index in [2.05, 4.69) is 26.0 Å². The number of hydrogen-bond donors (Lipinski definition) is 2. The summed E-state index contributed by atoms with van der Waals surface area (Å²) in [5, 5.41) is 3.31. The van der Waals surface area contributed by atoms with E-state index in [-0.39, 0.29) is 15.6 Å². The normalized spacial score (nSPS) is 20.6. The molecule has 0 atom stereocenters. The van der Waals surface area contributed by atoms with Gasteiger partial charge in [0.25, 0.3) is 0 Å². The number of sulfonamides is 1. The van der Waals surface area contributed by atoms with Crippen molar-refractivity contribution < 1.29 is 12.8 Å². The highest BCUT2D eigenvalue weighted by atomic mass is 79.9. The first-order valence-corrected chi connectivity index (χ1v) is 9.36. The van der Waals surface area contributed by atoms with Crippen molar-refractivity contribution in [2.45, 2.75) is 62.0 Å². The third kappa shape index (κ3) is 3.44. The van der Waals surface area contributed by atoms with Crippen molar-refractivity contribution in [2.24, 2.45) is 0 Å². The summed E-state index contributed by atoms with van der Waals surface area (Å²) in [6.07, 6.45) is 6.41. The highest BCUT2D eigenvalue weighted by molar-refractivity contribution is 9.10. The van der Waals surface area contributed by atoms with E-state index in [1.165, 1.54) is 12.8 Å². The van der Waals surface area contributed by atoms with Gasteiger partial charge in [-0.1, -0.05) is 12.8 Å². The fourth-order valence-electron chi connectivity index (χ4n) is 2.53. The van der Waals surface area contributed by atoms with Crippen LogP contribution in [0.25, 0.3) is 0 Å². The van der Waals surface area contributed by atoms with Gasteiger partial charge in [-0.25, -0.2) is 13.1 Å². The van der Waals surface area contributed by atoms with Crippen LogP contribution in [0.1, 0.15) is 44.3 Å². The molecule has 1 aromatic heterocycles. The lowest BCUT2D eigenvalue weighted by Gasteiger charge is -2.11. The molecular formula is C13H19BrN2O3S. The average Bonchev–Trinajstić information content (AvgIpc) is 2.93. The summed E-state index contributed by atoms with van der Waals surface area (Å²) in [6.45, 7) is 0.572. The molecule has 1 heterocycles. The third-order valence-electron chi connectivity index (χ3n) is 3.82. The zero-order valence-electron chi connectivity index (χ0n) is 11.2. The molecule has 0 aromatic carbocycles. The molecule has 7 heteroatoms. The Morgan fingerprint density at radius 1 is 1.20 bits per heavy atom. The van der Waals surface area contributed by atoms with Gasteiger partial charge in [-0.3, -0.25) is 0 Å². The van der Waals surface area contributed by atoms with E-state index in [1.54, 1.807) is 6.07 Å². The fourth-order valence-corrected chi connectivity index (χ4v) is 4.83. The summed E-state index contributed by atoms with van der Waals surface area (Å²) in [4.78, 5) is 0.206. The lowest BCUT2D eigenvalue weighted by Crippen LogP contribution is -2.32. The van der Waals surface area contributed by atoms with Crippen molar-refractivity contribution in [3.05, 3.63) is 16.5 Å². The average molecular weight is 363 g/mol. The Hall–Kier alpha value is -0.370. The monoisotopic (exact) mass is 362 g/mol. The molecular weight excluding hydrogens is 344 g/mol. The molecule has 0 saturated heterocycles. The highest BCUT2D eigenvalue weighted by Crippen LogP contribution is 2.28. The Morgan fingerprint density at radius 3 is 2.55 bits per heavy atom. The molecule has 0 unspecified atom stereocenters. The fraction of sp³-hybridized carbons (Fsp3) is 0.692. The predicted molar refractivity (Wildman–Crippen MR) is 78.8 cm³/mol. The molecule has 2 saturated carbocycles. The van der Waals surface area contributed by atoms with Crippen molar-refractivity contribution in [1.29, 1.82) is 0 Å². The van der Waals surface area contributed by atoms with Crippen molar-refractivity contribution in [2.75, 3.05) is 0 Å². The van der Waals surface area contributed by atoms with Crippen LogP contribution in [0, 0.1) is 0 Å². The number of rotatable bonds is 6. The Morgan fingerprint density at radius 2 is 1.90 bits per heavy atom. The summed E-state index contributed by atoms with van der Waals surface area (Å²) in [7, 11) is -3.49. The Bertz CT molecular complexity index is 574. The van der Waals surface area contributed by atoms with Crippen LogP contribution in [0.2, 0.25) is 0 Å². The molecule has 3 rings (SSSR count). The van der Waals surface area contributed by atoms with Crippen LogP contribution in [0.5, 0.6) is 0 Å². The number of halogens is 1. The number of furan rings is 1. The Balaban J connectivity index is 1.70. The second-order valence-corrected chi connectivity index (χ2v) is 8.01. The minimum absolute atomic E-state index is 0.0647. The first-order chi connectivity index (χ1) is 9.54. The molecule has 112 valence electrons. The van der Waals surface area contributed by atoms with Gasteiger partial charge < -0.3 is 9.73 Å². The second kappa shape index (κ2) is 5.79. The first kappa shape index (κ1) is 14.6. The highest BCUT2D eigenvalue weighted by Gasteiger charge is 2.28. The molecule has 2 fully saturated rings. The van der Waals surface area contributed by atoms with Crippen LogP contribution >= 0.6 is 15.9 Å². The van der Waals surface area contributed by atoms with E-state index >= 15 is 0 Å². The molecule has 2 aliphatic rings. The van der Waals surface area contributed by atoms with E-state index in [9.17, 15) is 8.42 Å². The first-order valence-electron chi connectivity index (χ1n) is 7.08. The molecule has 2 N–H and O–H groups in total. The predicted octanol–water partition coefficient (Wildman–Crippen LogP) is 2.52. The lowest BCUT2D eigenvalue weighted by atomic mass is 10.3. The van der Waals surface area contributed by atoms with Gasteiger partial charge in [-0.2, -0.15) is 0 Å². The van der Waals surface area contributed by atoms with Crippen molar-refractivity contribution >= 4 is 26.0 Å². The molecule has 0 aliphatic heterocycles. The molecule has 0 amide bonds. The van der Waals surface area contributed by atoms with Crippen molar-refractivity contribution in [3.8, 4) is 0 Å². The molecule has 1 aromatic rings. The zero-order chi connectivity index (χ0) is 14.2. The Kier molecular flexibility index (Phi) is 4.21. The van der Waals surface area contributed by atoms with E-state index < -0.39 is 10.0 Å². The summed E-state index contributed by atoms with van der Waals surface area (Å²) < 4.78 is 33.2. The minimum Gasteiger partial charge on any atom is -0.452 e. The van der Waals surface area contributed by atoms with E-state index in [0.29, 0.717) is 18.3 Å².